The number of phenols is 1. The van der Waals surface area contributed by atoms with Crippen LogP contribution in [0.1, 0.15) is 52.4 Å². The number of ether oxygens (including phenoxy) is 1. The van der Waals surface area contributed by atoms with E-state index in [0.717, 1.165) is 24.7 Å². The molecular weight excluding hydrogens is 224 g/mol. The minimum absolute atomic E-state index is 0.265. The molecule has 0 heterocycles. The van der Waals surface area contributed by atoms with Crippen molar-refractivity contribution in [2.24, 2.45) is 5.92 Å². The highest BCUT2D eigenvalue weighted by Gasteiger charge is 2.01. The molecule has 102 valence electrons. The van der Waals surface area contributed by atoms with Gasteiger partial charge >= 0.3 is 0 Å². The van der Waals surface area contributed by atoms with Crippen molar-refractivity contribution in [1.82, 2.24) is 0 Å². The van der Waals surface area contributed by atoms with Gasteiger partial charge in [0.15, 0.2) is 0 Å². The van der Waals surface area contributed by atoms with E-state index in [1.54, 1.807) is 18.2 Å². The Morgan fingerprint density at radius 2 is 1.94 bits per heavy atom. The number of benzene rings is 1. The maximum absolute atomic E-state index is 9.29. The van der Waals surface area contributed by atoms with Crippen LogP contribution >= 0.6 is 0 Å². The summed E-state index contributed by atoms with van der Waals surface area (Å²) in [6, 6.07) is 6.99. The summed E-state index contributed by atoms with van der Waals surface area (Å²) in [5, 5.41) is 9.29. The highest BCUT2D eigenvalue weighted by atomic mass is 16.5. The van der Waals surface area contributed by atoms with E-state index in [2.05, 4.69) is 13.8 Å². The fraction of sp³-hybridized carbons (Fsp3) is 0.625. The zero-order valence-corrected chi connectivity index (χ0v) is 11.7. The third-order valence-corrected chi connectivity index (χ3v) is 3.23. The van der Waals surface area contributed by atoms with Crippen LogP contribution in [0.5, 0.6) is 11.5 Å². The van der Waals surface area contributed by atoms with Crippen LogP contribution in [0.15, 0.2) is 24.3 Å². The minimum atomic E-state index is 0.265. The molecule has 0 saturated carbocycles. The normalized spacial score (nSPS) is 12.3. The highest BCUT2D eigenvalue weighted by molar-refractivity contribution is 5.31. The number of rotatable bonds is 9. The summed E-state index contributed by atoms with van der Waals surface area (Å²) in [7, 11) is 0. The molecule has 0 aliphatic heterocycles. The number of phenolic OH excluding ortho intramolecular Hbond substituents is 1. The molecule has 0 saturated heterocycles. The first-order valence-corrected chi connectivity index (χ1v) is 7.14. The van der Waals surface area contributed by atoms with Gasteiger partial charge in [-0.25, -0.2) is 0 Å². The molecule has 1 rings (SSSR count). The van der Waals surface area contributed by atoms with Crippen molar-refractivity contribution in [3.8, 4) is 11.5 Å². The van der Waals surface area contributed by atoms with Gasteiger partial charge in [0.1, 0.15) is 11.5 Å². The van der Waals surface area contributed by atoms with Gasteiger partial charge < -0.3 is 9.84 Å². The lowest BCUT2D eigenvalue weighted by atomic mass is 9.98. The monoisotopic (exact) mass is 250 g/mol. The van der Waals surface area contributed by atoms with Crippen LogP contribution in [0.3, 0.4) is 0 Å². The molecule has 2 heteroatoms. The molecule has 0 fully saturated rings. The Morgan fingerprint density at radius 3 is 2.67 bits per heavy atom. The van der Waals surface area contributed by atoms with E-state index in [9.17, 15) is 5.11 Å². The number of hydrogen-bond acceptors (Lipinski definition) is 2. The maximum atomic E-state index is 9.29. The summed E-state index contributed by atoms with van der Waals surface area (Å²) in [5.74, 6) is 1.86. The second-order valence-electron chi connectivity index (χ2n) is 5.09. The number of hydrogen-bond donors (Lipinski definition) is 1. The van der Waals surface area contributed by atoms with Crippen molar-refractivity contribution in [3.05, 3.63) is 24.3 Å². The van der Waals surface area contributed by atoms with Crippen molar-refractivity contribution in [2.75, 3.05) is 6.61 Å². The van der Waals surface area contributed by atoms with Gasteiger partial charge in [0.25, 0.3) is 0 Å². The van der Waals surface area contributed by atoms with Crippen molar-refractivity contribution in [1.29, 1.82) is 0 Å². The Bertz CT molecular complexity index is 323. The Labute approximate surface area is 111 Å². The molecule has 18 heavy (non-hydrogen) atoms. The third kappa shape index (κ3) is 6.53. The molecule has 0 aromatic heterocycles. The Hall–Kier alpha value is -1.18. The molecule has 1 unspecified atom stereocenters. The molecule has 1 aromatic carbocycles. The van der Waals surface area contributed by atoms with Gasteiger partial charge in [-0.1, -0.05) is 45.6 Å². The zero-order chi connectivity index (χ0) is 13.2. The van der Waals surface area contributed by atoms with Crippen LogP contribution in [0.2, 0.25) is 0 Å². The zero-order valence-electron chi connectivity index (χ0n) is 11.7. The summed E-state index contributed by atoms with van der Waals surface area (Å²) in [6.45, 7) is 5.32. The highest BCUT2D eigenvalue weighted by Crippen LogP contribution is 2.19. The van der Waals surface area contributed by atoms with Crippen molar-refractivity contribution in [3.63, 3.8) is 0 Å². The molecule has 0 spiro atoms. The van der Waals surface area contributed by atoms with Crippen molar-refractivity contribution < 1.29 is 9.84 Å². The number of aromatic hydroxyl groups is 1. The average molecular weight is 250 g/mol. The van der Waals surface area contributed by atoms with Gasteiger partial charge in [-0.05, 0) is 30.9 Å². The second-order valence-corrected chi connectivity index (χ2v) is 5.09. The Balaban J connectivity index is 2.05. The van der Waals surface area contributed by atoms with E-state index in [1.807, 2.05) is 6.07 Å². The van der Waals surface area contributed by atoms with Gasteiger partial charge in [-0.2, -0.15) is 0 Å². The van der Waals surface area contributed by atoms with Crippen molar-refractivity contribution in [2.45, 2.75) is 52.4 Å². The molecule has 1 aromatic rings. The predicted molar refractivity (Wildman–Crippen MR) is 76.1 cm³/mol. The van der Waals surface area contributed by atoms with Crippen molar-refractivity contribution >= 4 is 0 Å². The van der Waals surface area contributed by atoms with Crippen LogP contribution in [-0.4, -0.2) is 11.7 Å². The first-order chi connectivity index (χ1) is 8.72. The average Bonchev–Trinajstić information content (AvgIpc) is 2.36. The first-order valence-electron chi connectivity index (χ1n) is 7.14. The SMILES string of the molecule is CCCCC(C)CCCCOc1cccc(O)c1. The van der Waals surface area contributed by atoms with E-state index < -0.39 is 0 Å². The van der Waals surface area contributed by atoms with Crippen LogP contribution in [0.4, 0.5) is 0 Å². The van der Waals surface area contributed by atoms with Gasteiger partial charge in [-0.3, -0.25) is 0 Å². The lowest BCUT2D eigenvalue weighted by Crippen LogP contribution is -2.00. The molecule has 0 aliphatic carbocycles. The van der Waals surface area contributed by atoms with Crippen LogP contribution in [-0.2, 0) is 0 Å². The predicted octanol–water partition coefficient (Wildman–Crippen LogP) is 4.77. The fourth-order valence-electron chi connectivity index (χ4n) is 2.06. The third-order valence-electron chi connectivity index (χ3n) is 3.23. The smallest absolute Gasteiger partial charge is 0.122 e. The standard InChI is InChI=1S/C16H26O2/c1-3-4-8-14(2)9-5-6-12-18-16-11-7-10-15(17)13-16/h7,10-11,13-14,17H,3-6,8-9,12H2,1-2H3. The van der Waals surface area contributed by atoms with Gasteiger partial charge in [-0.15, -0.1) is 0 Å². The molecule has 0 amide bonds. The number of unbranched alkanes of at least 4 members (excludes halogenated alkanes) is 2. The molecule has 1 N–H and O–H groups in total. The molecule has 2 nitrogen and oxygen atoms in total. The summed E-state index contributed by atoms with van der Waals surface area (Å²) < 4.78 is 5.59. The van der Waals surface area contributed by atoms with Crippen LogP contribution < -0.4 is 4.74 Å². The largest absolute Gasteiger partial charge is 0.508 e. The summed E-state index contributed by atoms with van der Waals surface area (Å²) >= 11 is 0. The Kier molecular flexibility index (Phi) is 7.31. The van der Waals surface area contributed by atoms with Gasteiger partial charge in [0, 0.05) is 6.07 Å². The second kappa shape index (κ2) is 8.84. The van der Waals surface area contributed by atoms with E-state index in [1.165, 1.54) is 32.1 Å². The maximum Gasteiger partial charge on any atom is 0.122 e. The van der Waals surface area contributed by atoms with Crippen LogP contribution in [0.25, 0.3) is 0 Å². The Morgan fingerprint density at radius 1 is 1.17 bits per heavy atom. The lowest BCUT2D eigenvalue weighted by molar-refractivity contribution is 0.297. The fourth-order valence-corrected chi connectivity index (χ4v) is 2.06. The van der Waals surface area contributed by atoms with Crippen LogP contribution in [0, 0.1) is 5.92 Å². The molecule has 0 aliphatic rings. The molecule has 0 bridgehead atoms. The molecule has 0 radical (unpaired) electrons. The topological polar surface area (TPSA) is 29.5 Å². The lowest BCUT2D eigenvalue weighted by Gasteiger charge is -2.10. The molecular formula is C16H26O2. The van der Waals surface area contributed by atoms with E-state index in [-0.39, 0.29) is 5.75 Å². The van der Waals surface area contributed by atoms with E-state index in [4.69, 9.17) is 4.74 Å². The quantitative estimate of drug-likeness (QED) is 0.640. The van der Waals surface area contributed by atoms with E-state index >= 15 is 0 Å². The first kappa shape index (κ1) is 14.9. The summed E-state index contributed by atoms with van der Waals surface area (Å²) in [4.78, 5) is 0. The van der Waals surface area contributed by atoms with Gasteiger partial charge in [0.05, 0.1) is 6.61 Å². The van der Waals surface area contributed by atoms with Gasteiger partial charge in [0.2, 0.25) is 0 Å². The minimum Gasteiger partial charge on any atom is -0.508 e. The molecule has 1 atom stereocenters. The summed E-state index contributed by atoms with van der Waals surface area (Å²) in [6.07, 6.45) is 7.61. The van der Waals surface area contributed by atoms with E-state index in [0.29, 0.717) is 0 Å². The summed E-state index contributed by atoms with van der Waals surface area (Å²) in [5.41, 5.74) is 0.